The second-order valence-corrected chi connectivity index (χ2v) is 5.83. The van der Waals surface area contributed by atoms with E-state index in [-0.39, 0.29) is 5.82 Å². The van der Waals surface area contributed by atoms with Crippen LogP contribution in [0.5, 0.6) is 17.2 Å². The molecule has 1 aromatic heterocycles. The Balaban J connectivity index is 1.90. The SMILES string of the molecule is CCOc1ccc([C@@H](N)c2nc(-c3ccc(O)c([N+](=O)[O-])c3)n[nH]2)cc1OC. The van der Waals surface area contributed by atoms with E-state index in [0.29, 0.717) is 29.5 Å². The predicted octanol–water partition coefficient (Wildman–Crippen LogP) is 2.54. The van der Waals surface area contributed by atoms with Crippen LogP contribution in [0.3, 0.4) is 0 Å². The second-order valence-electron chi connectivity index (χ2n) is 5.83. The monoisotopic (exact) mass is 385 g/mol. The van der Waals surface area contributed by atoms with Gasteiger partial charge in [0.1, 0.15) is 5.82 Å². The van der Waals surface area contributed by atoms with E-state index in [2.05, 4.69) is 15.2 Å². The topological polar surface area (TPSA) is 149 Å². The van der Waals surface area contributed by atoms with Crippen molar-refractivity contribution in [3.63, 3.8) is 0 Å². The summed E-state index contributed by atoms with van der Waals surface area (Å²) >= 11 is 0. The molecule has 0 saturated heterocycles. The van der Waals surface area contributed by atoms with E-state index in [0.717, 1.165) is 5.56 Å². The molecule has 1 atom stereocenters. The molecule has 0 unspecified atom stereocenters. The summed E-state index contributed by atoms with van der Waals surface area (Å²) in [5, 5.41) is 27.4. The van der Waals surface area contributed by atoms with Crippen molar-refractivity contribution in [1.29, 1.82) is 0 Å². The van der Waals surface area contributed by atoms with E-state index in [4.69, 9.17) is 15.2 Å². The zero-order valence-electron chi connectivity index (χ0n) is 15.2. The van der Waals surface area contributed by atoms with Gasteiger partial charge >= 0.3 is 5.69 Å². The molecule has 10 nitrogen and oxygen atoms in total. The van der Waals surface area contributed by atoms with E-state index in [9.17, 15) is 15.2 Å². The van der Waals surface area contributed by atoms with E-state index >= 15 is 0 Å². The van der Waals surface area contributed by atoms with Gasteiger partial charge in [-0.25, -0.2) is 4.98 Å². The summed E-state index contributed by atoms with van der Waals surface area (Å²) in [5.74, 6) is 1.32. The van der Waals surface area contributed by atoms with Crippen LogP contribution in [0.1, 0.15) is 24.4 Å². The van der Waals surface area contributed by atoms with Crippen LogP contribution in [-0.4, -0.2) is 38.9 Å². The minimum absolute atomic E-state index is 0.228. The number of aromatic nitrogens is 3. The first kappa shape index (κ1) is 19.1. The van der Waals surface area contributed by atoms with E-state index in [1.807, 2.05) is 6.92 Å². The van der Waals surface area contributed by atoms with Crippen molar-refractivity contribution in [3.8, 4) is 28.6 Å². The Morgan fingerprint density at radius 2 is 2.07 bits per heavy atom. The van der Waals surface area contributed by atoms with Crippen molar-refractivity contribution in [2.75, 3.05) is 13.7 Å². The van der Waals surface area contributed by atoms with E-state index in [1.54, 1.807) is 18.2 Å². The van der Waals surface area contributed by atoms with Crippen LogP contribution < -0.4 is 15.2 Å². The fourth-order valence-electron chi connectivity index (χ4n) is 2.66. The molecule has 28 heavy (non-hydrogen) atoms. The largest absolute Gasteiger partial charge is 0.502 e. The van der Waals surface area contributed by atoms with Gasteiger partial charge in [0.15, 0.2) is 23.1 Å². The maximum atomic E-state index is 11.0. The molecule has 0 amide bonds. The molecule has 2 aromatic carbocycles. The molecule has 1 heterocycles. The predicted molar refractivity (Wildman–Crippen MR) is 100 cm³/mol. The van der Waals surface area contributed by atoms with Crippen LogP contribution >= 0.6 is 0 Å². The zero-order chi connectivity index (χ0) is 20.3. The summed E-state index contributed by atoms with van der Waals surface area (Å²) in [7, 11) is 1.54. The number of nitrogens with zero attached hydrogens (tertiary/aromatic N) is 3. The number of nitro benzene ring substituents is 1. The average molecular weight is 385 g/mol. The third kappa shape index (κ3) is 3.71. The molecular weight excluding hydrogens is 366 g/mol. The van der Waals surface area contributed by atoms with Crippen molar-refractivity contribution in [2.24, 2.45) is 5.73 Å². The molecule has 0 radical (unpaired) electrons. The van der Waals surface area contributed by atoms with Gasteiger partial charge in [-0.15, -0.1) is 0 Å². The number of hydrogen-bond acceptors (Lipinski definition) is 8. The van der Waals surface area contributed by atoms with Gasteiger partial charge in [-0.2, -0.15) is 5.10 Å². The molecule has 3 rings (SSSR count). The fourth-order valence-corrected chi connectivity index (χ4v) is 2.66. The van der Waals surface area contributed by atoms with Crippen molar-refractivity contribution < 1.29 is 19.5 Å². The molecule has 0 saturated carbocycles. The van der Waals surface area contributed by atoms with Gasteiger partial charge in [0.05, 0.1) is 24.7 Å². The quantitative estimate of drug-likeness (QED) is 0.415. The number of aromatic hydroxyl groups is 1. The summed E-state index contributed by atoms with van der Waals surface area (Å²) in [6, 6.07) is 8.60. The number of phenols is 1. The first-order valence-corrected chi connectivity index (χ1v) is 8.41. The second kappa shape index (κ2) is 7.92. The van der Waals surface area contributed by atoms with Crippen LogP contribution in [0.15, 0.2) is 36.4 Å². The average Bonchev–Trinajstić information content (AvgIpc) is 3.18. The maximum absolute atomic E-state index is 11.0. The summed E-state index contributed by atoms with van der Waals surface area (Å²) in [6.07, 6.45) is 0. The molecule has 4 N–H and O–H groups in total. The molecule has 0 aliphatic heterocycles. The fraction of sp³-hybridized carbons (Fsp3) is 0.222. The van der Waals surface area contributed by atoms with Gasteiger partial charge < -0.3 is 20.3 Å². The first-order valence-electron chi connectivity index (χ1n) is 8.41. The molecule has 10 heteroatoms. The van der Waals surface area contributed by atoms with E-state index in [1.165, 1.54) is 25.3 Å². The third-order valence-electron chi connectivity index (χ3n) is 4.07. The van der Waals surface area contributed by atoms with Crippen LogP contribution in [0.25, 0.3) is 11.4 Å². The molecule has 0 aliphatic carbocycles. The normalized spacial score (nSPS) is 11.8. The van der Waals surface area contributed by atoms with Crippen LogP contribution in [0.4, 0.5) is 5.69 Å². The number of ether oxygens (including phenoxy) is 2. The standard InChI is InChI=1S/C18H19N5O5/c1-3-28-14-7-5-10(9-15(14)27-2)16(19)18-20-17(21-22-18)11-4-6-13(24)12(8-11)23(25)26/h4-9,16,24H,3,19H2,1-2H3,(H,20,21,22)/t16-/m1/s1. The minimum atomic E-state index is -0.676. The Bertz CT molecular complexity index is 1000. The Hall–Kier alpha value is -3.66. The molecule has 0 spiro atoms. The zero-order valence-corrected chi connectivity index (χ0v) is 15.2. The number of H-pyrrole nitrogens is 1. The number of nitrogens with one attached hydrogen (secondary N) is 1. The van der Waals surface area contributed by atoms with Crippen molar-refractivity contribution in [3.05, 3.63) is 57.9 Å². The van der Waals surface area contributed by atoms with Crippen LogP contribution in [0.2, 0.25) is 0 Å². The summed E-state index contributed by atoms with van der Waals surface area (Å²) in [5.41, 5.74) is 6.95. The highest BCUT2D eigenvalue weighted by Gasteiger charge is 2.19. The highest BCUT2D eigenvalue weighted by Crippen LogP contribution is 2.32. The molecule has 0 aliphatic rings. The smallest absolute Gasteiger partial charge is 0.311 e. The summed E-state index contributed by atoms with van der Waals surface area (Å²) in [4.78, 5) is 14.6. The molecule has 3 aromatic rings. The number of rotatable bonds is 7. The lowest BCUT2D eigenvalue weighted by Crippen LogP contribution is -2.14. The van der Waals surface area contributed by atoms with Gasteiger partial charge in [-0.05, 0) is 36.8 Å². The highest BCUT2D eigenvalue weighted by atomic mass is 16.6. The number of nitro groups is 1. The van der Waals surface area contributed by atoms with Gasteiger partial charge in [-0.1, -0.05) is 6.07 Å². The van der Waals surface area contributed by atoms with Gasteiger partial charge in [0.2, 0.25) is 0 Å². The Kier molecular flexibility index (Phi) is 5.41. The Morgan fingerprint density at radius 1 is 1.29 bits per heavy atom. The van der Waals surface area contributed by atoms with Crippen molar-refractivity contribution >= 4 is 5.69 Å². The summed E-state index contributed by atoms with van der Waals surface area (Å²) < 4.78 is 10.8. The minimum Gasteiger partial charge on any atom is -0.502 e. The lowest BCUT2D eigenvalue weighted by atomic mass is 10.1. The number of hydrogen-bond donors (Lipinski definition) is 3. The maximum Gasteiger partial charge on any atom is 0.311 e. The lowest BCUT2D eigenvalue weighted by molar-refractivity contribution is -0.385. The van der Waals surface area contributed by atoms with Crippen molar-refractivity contribution in [2.45, 2.75) is 13.0 Å². The third-order valence-corrected chi connectivity index (χ3v) is 4.07. The number of benzene rings is 2. The van der Waals surface area contributed by atoms with E-state index < -0.39 is 22.4 Å². The van der Waals surface area contributed by atoms with Gasteiger partial charge in [0, 0.05) is 11.6 Å². The highest BCUT2D eigenvalue weighted by molar-refractivity contribution is 5.63. The van der Waals surface area contributed by atoms with Crippen LogP contribution in [-0.2, 0) is 0 Å². The van der Waals surface area contributed by atoms with Crippen LogP contribution in [0, 0.1) is 10.1 Å². The number of aromatic amines is 1. The van der Waals surface area contributed by atoms with Gasteiger partial charge in [0.25, 0.3) is 0 Å². The molecular formula is C18H19N5O5. The molecule has 0 bridgehead atoms. The lowest BCUT2D eigenvalue weighted by Gasteiger charge is -2.13. The van der Waals surface area contributed by atoms with Gasteiger partial charge in [-0.3, -0.25) is 15.2 Å². The number of nitrogens with two attached hydrogens (primary N) is 1. The number of methoxy groups -OCH3 is 1. The Morgan fingerprint density at radius 3 is 2.75 bits per heavy atom. The number of phenolic OH excluding ortho intramolecular Hbond substituents is 1. The summed E-state index contributed by atoms with van der Waals surface area (Å²) in [6.45, 7) is 2.38. The molecule has 0 fully saturated rings. The Labute approximate surface area is 160 Å². The first-order chi connectivity index (χ1) is 13.4. The van der Waals surface area contributed by atoms with Crippen molar-refractivity contribution in [1.82, 2.24) is 15.2 Å². The molecule has 146 valence electrons.